The molecule has 1 amide bonds. The molecule has 0 radical (unpaired) electrons. The number of carbonyl (C=O) groups is 1. The van der Waals surface area contributed by atoms with E-state index in [9.17, 15) is 4.79 Å². The molecule has 1 saturated carbocycles. The lowest BCUT2D eigenvalue weighted by atomic mass is 9.66. The SMILES string of the molecule is NC1CNCC(Cl)C1(C1CCCCC1)N1CCC(C(=O)N2CCN3CCCC2CC3)CC1. The summed E-state index contributed by atoms with van der Waals surface area (Å²) in [6, 6.07) is 0.527. The summed E-state index contributed by atoms with van der Waals surface area (Å²) in [5, 5.41) is 3.51. The molecular formula is C25H44ClN5O. The Kier molecular flexibility index (Phi) is 7.35. The van der Waals surface area contributed by atoms with Gasteiger partial charge < -0.3 is 20.9 Å². The predicted molar refractivity (Wildman–Crippen MR) is 130 cm³/mol. The first-order chi connectivity index (χ1) is 15.6. The van der Waals surface area contributed by atoms with E-state index in [1.165, 1.54) is 58.0 Å². The smallest absolute Gasteiger partial charge is 0.226 e. The molecule has 5 atom stereocenters. The highest BCUT2D eigenvalue weighted by molar-refractivity contribution is 6.22. The van der Waals surface area contributed by atoms with E-state index in [2.05, 4.69) is 20.0 Å². The largest absolute Gasteiger partial charge is 0.338 e. The van der Waals surface area contributed by atoms with Gasteiger partial charge in [-0.15, -0.1) is 11.6 Å². The van der Waals surface area contributed by atoms with Crippen LogP contribution in [0.2, 0.25) is 0 Å². The van der Waals surface area contributed by atoms with Crippen LogP contribution in [0, 0.1) is 11.8 Å². The van der Waals surface area contributed by atoms with Crippen molar-refractivity contribution in [2.75, 3.05) is 52.4 Å². The number of fused-ring (bicyclic) bond motifs is 3. The van der Waals surface area contributed by atoms with Crippen LogP contribution in [-0.4, -0.2) is 96.0 Å². The average molecular weight is 466 g/mol. The molecule has 5 rings (SSSR count). The summed E-state index contributed by atoms with van der Waals surface area (Å²) < 4.78 is 0. The number of likely N-dealkylation sites (tertiary alicyclic amines) is 1. The van der Waals surface area contributed by atoms with Gasteiger partial charge in [-0.2, -0.15) is 0 Å². The number of carbonyl (C=O) groups excluding carboxylic acids is 1. The first-order valence-electron chi connectivity index (χ1n) is 13.5. The van der Waals surface area contributed by atoms with Crippen molar-refractivity contribution in [1.82, 2.24) is 20.0 Å². The highest BCUT2D eigenvalue weighted by atomic mass is 35.5. The summed E-state index contributed by atoms with van der Waals surface area (Å²) in [6.45, 7) is 8.00. The fourth-order valence-corrected chi connectivity index (χ4v) is 8.47. The van der Waals surface area contributed by atoms with Gasteiger partial charge in [0.15, 0.2) is 0 Å². The van der Waals surface area contributed by atoms with Gasteiger partial charge in [-0.05, 0) is 70.5 Å². The van der Waals surface area contributed by atoms with Crippen LogP contribution in [0.5, 0.6) is 0 Å². The molecule has 4 saturated heterocycles. The van der Waals surface area contributed by atoms with Gasteiger partial charge in [0.1, 0.15) is 0 Å². The number of halogens is 1. The number of hydrogen-bond acceptors (Lipinski definition) is 5. The Balaban J connectivity index is 1.28. The summed E-state index contributed by atoms with van der Waals surface area (Å²) in [6.07, 6.45) is 12.0. The minimum absolute atomic E-state index is 0.0421. The highest BCUT2D eigenvalue weighted by Crippen LogP contribution is 2.45. The van der Waals surface area contributed by atoms with Gasteiger partial charge >= 0.3 is 0 Å². The third kappa shape index (κ3) is 4.24. The van der Waals surface area contributed by atoms with Gasteiger partial charge in [0, 0.05) is 50.7 Å². The van der Waals surface area contributed by atoms with Crippen LogP contribution >= 0.6 is 11.6 Å². The molecule has 32 heavy (non-hydrogen) atoms. The van der Waals surface area contributed by atoms with Crippen LogP contribution in [-0.2, 0) is 4.79 Å². The van der Waals surface area contributed by atoms with Crippen LogP contribution in [0.1, 0.15) is 64.2 Å². The third-order valence-corrected chi connectivity index (χ3v) is 10.1. The number of piperidine rings is 2. The van der Waals surface area contributed by atoms with Crippen molar-refractivity contribution in [1.29, 1.82) is 0 Å². The summed E-state index contributed by atoms with van der Waals surface area (Å²) in [5.41, 5.74) is 6.76. The first-order valence-corrected chi connectivity index (χ1v) is 13.9. The van der Waals surface area contributed by atoms with Gasteiger partial charge in [0.2, 0.25) is 5.91 Å². The molecule has 2 bridgehead atoms. The molecule has 4 aliphatic heterocycles. The number of rotatable bonds is 3. The summed E-state index contributed by atoms with van der Waals surface area (Å²) >= 11 is 7.13. The van der Waals surface area contributed by atoms with Crippen molar-refractivity contribution in [2.24, 2.45) is 17.6 Å². The van der Waals surface area contributed by atoms with Crippen molar-refractivity contribution < 1.29 is 4.79 Å². The third-order valence-electron chi connectivity index (χ3n) is 9.61. The van der Waals surface area contributed by atoms with E-state index in [4.69, 9.17) is 17.3 Å². The molecule has 0 spiro atoms. The van der Waals surface area contributed by atoms with Gasteiger partial charge in [0.05, 0.1) is 10.9 Å². The Morgan fingerprint density at radius 2 is 1.62 bits per heavy atom. The number of alkyl halides is 1. The predicted octanol–water partition coefficient (Wildman–Crippen LogP) is 2.25. The molecule has 7 heteroatoms. The molecule has 4 heterocycles. The number of nitrogens with two attached hydrogens (primary N) is 1. The second-order valence-electron chi connectivity index (χ2n) is 11.2. The maximum absolute atomic E-state index is 13.6. The van der Waals surface area contributed by atoms with Crippen LogP contribution in [0.15, 0.2) is 0 Å². The molecule has 0 aromatic carbocycles. The van der Waals surface area contributed by atoms with Crippen LogP contribution in [0.25, 0.3) is 0 Å². The van der Waals surface area contributed by atoms with Gasteiger partial charge in [0.25, 0.3) is 0 Å². The zero-order valence-electron chi connectivity index (χ0n) is 19.8. The van der Waals surface area contributed by atoms with E-state index >= 15 is 0 Å². The molecule has 5 aliphatic rings. The summed E-state index contributed by atoms with van der Waals surface area (Å²) in [4.78, 5) is 21.1. The lowest BCUT2D eigenvalue weighted by Gasteiger charge is -2.59. The minimum atomic E-state index is -0.117. The number of nitrogens with one attached hydrogen (secondary N) is 1. The normalized spacial score (nSPS) is 40.8. The maximum Gasteiger partial charge on any atom is 0.226 e. The van der Waals surface area contributed by atoms with E-state index in [-0.39, 0.29) is 22.9 Å². The van der Waals surface area contributed by atoms with E-state index in [1.807, 2.05) is 0 Å². The van der Waals surface area contributed by atoms with Crippen LogP contribution in [0.3, 0.4) is 0 Å². The number of hydrogen-bond donors (Lipinski definition) is 2. The molecular weight excluding hydrogens is 422 g/mol. The Morgan fingerprint density at radius 3 is 2.38 bits per heavy atom. The van der Waals surface area contributed by atoms with E-state index in [0.717, 1.165) is 58.5 Å². The van der Waals surface area contributed by atoms with Gasteiger partial charge in [-0.1, -0.05) is 19.3 Å². The lowest BCUT2D eigenvalue weighted by Crippen LogP contribution is -2.76. The van der Waals surface area contributed by atoms with Crippen LogP contribution < -0.4 is 11.1 Å². The molecule has 0 aromatic rings. The van der Waals surface area contributed by atoms with Crippen molar-refractivity contribution in [2.45, 2.75) is 87.2 Å². The molecule has 5 unspecified atom stereocenters. The Labute approximate surface area is 199 Å². The fourth-order valence-electron chi connectivity index (χ4n) is 7.88. The van der Waals surface area contributed by atoms with Crippen LogP contribution in [0.4, 0.5) is 0 Å². The number of nitrogens with zero attached hydrogens (tertiary/aromatic N) is 3. The first kappa shape index (κ1) is 23.3. The second-order valence-corrected chi connectivity index (χ2v) is 11.7. The van der Waals surface area contributed by atoms with E-state index in [0.29, 0.717) is 17.9 Å². The lowest BCUT2D eigenvalue weighted by molar-refractivity contribution is -0.141. The second kappa shape index (κ2) is 10.1. The van der Waals surface area contributed by atoms with Gasteiger partial charge in [-0.3, -0.25) is 9.69 Å². The standard InChI is InChI=1S/C25H44ClN5O/c26-22-17-28-18-23(27)25(22,20-5-2-1-3-6-20)30-13-8-19(9-14-30)24(32)31-16-15-29-11-4-7-21(31)10-12-29/h19-23,28H,1-18,27H2. The van der Waals surface area contributed by atoms with Crippen molar-refractivity contribution in [3.63, 3.8) is 0 Å². The summed E-state index contributed by atoms with van der Waals surface area (Å²) in [7, 11) is 0. The zero-order valence-corrected chi connectivity index (χ0v) is 20.6. The monoisotopic (exact) mass is 465 g/mol. The van der Waals surface area contributed by atoms with Crippen molar-refractivity contribution >= 4 is 17.5 Å². The van der Waals surface area contributed by atoms with E-state index in [1.54, 1.807) is 0 Å². The minimum Gasteiger partial charge on any atom is -0.338 e. The maximum atomic E-state index is 13.6. The highest BCUT2D eigenvalue weighted by Gasteiger charge is 2.55. The fraction of sp³-hybridized carbons (Fsp3) is 0.960. The topological polar surface area (TPSA) is 64.8 Å². The Hall–Kier alpha value is -0.400. The van der Waals surface area contributed by atoms with Crippen molar-refractivity contribution in [3.05, 3.63) is 0 Å². The zero-order chi connectivity index (χ0) is 22.1. The Bertz CT molecular complexity index is 638. The molecule has 1 aliphatic carbocycles. The van der Waals surface area contributed by atoms with Gasteiger partial charge in [-0.25, -0.2) is 0 Å². The molecule has 182 valence electrons. The average Bonchev–Trinajstić information content (AvgIpc) is 3.17. The molecule has 0 aromatic heterocycles. The molecule has 6 nitrogen and oxygen atoms in total. The summed E-state index contributed by atoms with van der Waals surface area (Å²) in [5.74, 6) is 1.19. The molecule has 5 fully saturated rings. The quantitative estimate of drug-likeness (QED) is 0.626. The van der Waals surface area contributed by atoms with Crippen molar-refractivity contribution in [3.8, 4) is 0 Å². The van der Waals surface area contributed by atoms with E-state index < -0.39 is 0 Å². The Morgan fingerprint density at radius 1 is 0.844 bits per heavy atom. The molecule has 3 N–H and O–H groups in total. The number of amides is 1.